The van der Waals surface area contributed by atoms with Crippen molar-refractivity contribution in [2.24, 2.45) is 0 Å². The fourth-order valence-corrected chi connectivity index (χ4v) is 2.11. The Morgan fingerprint density at radius 3 is 2.29 bits per heavy atom. The van der Waals surface area contributed by atoms with Gasteiger partial charge in [-0.25, -0.2) is 0 Å². The minimum Gasteiger partial charge on any atom is -0.564 e. The van der Waals surface area contributed by atoms with Crippen molar-refractivity contribution in [3.63, 3.8) is 0 Å². The lowest BCUT2D eigenvalue weighted by molar-refractivity contribution is 0.374. The van der Waals surface area contributed by atoms with Crippen molar-refractivity contribution in [1.29, 1.82) is 0 Å². The Morgan fingerprint density at radius 2 is 1.71 bits per heavy atom. The zero-order chi connectivity index (χ0) is 10.4. The van der Waals surface area contributed by atoms with Gasteiger partial charge in [0.1, 0.15) is 0 Å². The predicted molar refractivity (Wildman–Crippen MR) is 63.6 cm³/mol. The van der Waals surface area contributed by atoms with Gasteiger partial charge < -0.3 is 4.65 Å². The summed E-state index contributed by atoms with van der Waals surface area (Å²) < 4.78 is 6.07. The monoisotopic (exact) mass is 194 g/mol. The Morgan fingerprint density at radius 1 is 1.07 bits per heavy atom. The zero-order valence-corrected chi connectivity index (χ0v) is 9.94. The van der Waals surface area contributed by atoms with E-state index in [2.05, 4.69) is 20.8 Å². The summed E-state index contributed by atoms with van der Waals surface area (Å²) in [5, 5.41) is 0. The summed E-state index contributed by atoms with van der Waals surface area (Å²) in [5.41, 5.74) is 1.57. The summed E-state index contributed by atoms with van der Waals surface area (Å²) in [6.07, 6.45) is 8.58. The molecule has 14 heavy (non-hydrogen) atoms. The predicted octanol–water partition coefficient (Wildman–Crippen LogP) is 4.27. The smallest absolute Gasteiger partial charge is 0.356 e. The first-order chi connectivity index (χ1) is 6.81. The summed E-state index contributed by atoms with van der Waals surface area (Å²) in [7, 11) is 0. The van der Waals surface area contributed by atoms with E-state index in [1.807, 2.05) is 0 Å². The normalized spacial score (nSPS) is 17.1. The summed E-state index contributed by atoms with van der Waals surface area (Å²) in [4.78, 5) is 0. The van der Waals surface area contributed by atoms with E-state index in [0.717, 1.165) is 12.6 Å². The number of hydrogen-bond donors (Lipinski definition) is 0. The molecule has 0 saturated heterocycles. The number of allylic oxidation sites excluding steroid dienone is 2. The van der Waals surface area contributed by atoms with Gasteiger partial charge in [-0.3, -0.25) is 0 Å². The lowest BCUT2D eigenvalue weighted by Gasteiger charge is -2.23. The molecule has 0 atom stereocenters. The Balaban J connectivity index is 2.58. The Labute approximate surface area is 89.0 Å². The van der Waals surface area contributed by atoms with Crippen LogP contribution in [0, 0.1) is 0 Å². The van der Waals surface area contributed by atoms with Crippen LogP contribution in [0.25, 0.3) is 0 Å². The van der Waals surface area contributed by atoms with Crippen LogP contribution in [0.3, 0.4) is 0 Å². The molecule has 2 heteroatoms. The number of hydrogen-bond acceptors (Lipinski definition) is 1. The number of rotatable bonds is 5. The van der Waals surface area contributed by atoms with Crippen molar-refractivity contribution in [3.8, 4) is 0 Å². The fraction of sp³-hybridized carbons (Fsp3) is 0.833. The van der Waals surface area contributed by atoms with Gasteiger partial charge in [0, 0.05) is 6.42 Å². The van der Waals surface area contributed by atoms with Crippen LogP contribution in [0.4, 0.5) is 0 Å². The van der Waals surface area contributed by atoms with E-state index in [4.69, 9.17) is 4.65 Å². The Bertz CT molecular complexity index is 194. The highest BCUT2D eigenvalue weighted by atomic mass is 16.4. The minimum absolute atomic E-state index is 0.449. The first kappa shape index (κ1) is 11.7. The third-order valence-electron chi connectivity index (χ3n) is 3.17. The van der Waals surface area contributed by atoms with Crippen LogP contribution in [0.1, 0.15) is 52.9 Å². The van der Waals surface area contributed by atoms with Crippen LogP contribution in [0.5, 0.6) is 0 Å². The molecule has 0 bridgehead atoms. The third kappa shape index (κ3) is 3.07. The molecular weight excluding hydrogens is 171 g/mol. The van der Waals surface area contributed by atoms with Gasteiger partial charge in [0.2, 0.25) is 0 Å². The van der Waals surface area contributed by atoms with Gasteiger partial charge >= 0.3 is 6.92 Å². The van der Waals surface area contributed by atoms with E-state index in [1.165, 1.54) is 37.9 Å². The molecule has 0 fully saturated rings. The van der Waals surface area contributed by atoms with Crippen molar-refractivity contribution in [2.75, 3.05) is 0 Å². The maximum Gasteiger partial charge on any atom is 0.356 e. The van der Waals surface area contributed by atoms with E-state index in [1.54, 1.807) is 5.57 Å². The molecule has 0 aromatic rings. The average molecular weight is 194 g/mol. The Kier molecular flexibility index (Phi) is 5.14. The van der Waals surface area contributed by atoms with Gasteiger partial charge in [-0.15, -0.1) is 0 Å². The van der Waals surface area contributed by atoms with Gasteiger partial charge in [0.15, 0.2) is 0 Å². The first-order valence-corrected chi connectivity index (χ1v) is 6.19. The molecular formula is C12H23BO. The second-order valence-corrected chi connectivity index (χ2v) is 4.14. The second kappa shape index (κ2) is 6.16. The van der Waals surface area contributed by atoms with Crippen LogP contribution < -0.4 is 0 Å². The van der Waals surface area contributed by atoms with Crippen LogP contribution >= 0.6 is 0 Å². The van der Waals surface area contributed by atoms with Crippen LogP contribution in [0.15, 0.2) is 11.3 Å². The topological polar surface area (TPSA) is 9.23 Å². The average Bonchev–Trinajstić information content (AvgIpc) is 2.26. The van der Waals surface area contributed by atoms with Crippen LogP contribution in [0.2, 0.25) is 12.6 Å². The van der Waals surface area contributed by atoms with E-state index in [-0.39, 0.29) is 0 Å². The largest absolute Gasteiger partial charge is 0.564 e. The molecule has 80 valence electrons. The van der Waals surface area contributed by atoms with Crippen LogP contribution in [-0.4, -0.2) is 6.92 Å². The lowest BCUT2D eigenvalue weighted by Crippen LogP contribution is -2.17. The second-order valence-electron chi connectivity index (χ2n) is 4.14. The van der Waals surface area contributed by atoms with Crippen molar-refractivity contribution in [1.82, 2.24) is 0 Å². The lowest BCUT2D eigenvalue weighted by atomic mass is 9.62. The minimum atomic E-state index is 0.449. The van der Waals surface area contributed by atoms with Crippen molar-refractivity contribution in [2.45, 2.75) is 65.5 Å². The van der Waals surface area contributed by atoms with Gasteiger partial charge in [-0.1, -0.05) is 20.8 Å². The molecule has 0 amide bonds. The maximum atomic E-state index is 6.07. The summed E-state index contributed by atoms with van der Waals surface area (Å²) in [5.74, 6) is 1.33. The van der Waals surface area contributed by atoms with E-state index < -0.39 is 0 Å². The van der Waals surface area contributed by atoms with Gasteiger partial charge in [-0.05, 0) is 43.9 Å². The first-order valence-electron chi connectivity index (χ1n) is 6.19. The maximum absolute atomic E-state index is 6.07. The molecule has 1 aliphatic carbocycles. The quantitative estimate of drug-likeness (QED) is 0.593. The molecule has 0 radical (unpaired) electrons. The molecule has 0 saturated carbocycles. The molecule has 0 heterocycles. The highest BCUT2D eigenvalue weighted by Gasteiger charge is 2.18. The summed E-state index contributed by atoms with van der Waals surface area (Å²) in [6, 6.07) is 0. The summed E-state index contributed by atoms with van der Waals surface area (Å²) >= 11 is 0. The zero-order valence-electron chi connectivity index (χ0n) is 9.94. The van der Waals surface area contributed by atoms with Crippen molar-refractivity contribution >= 4 is 6.92 Å². The van der Waals surface area contributed by atoms with Gasteiger partial charge in [0.25, 0.3) is 0 Å². The third-order valence-corrected chi connectivity index (χ3v) is 3.17. The fourth-order valence-electron chi connectivity index (χ4n) is 2.11. The van der Waals surface area contributed by atoms with E-state index in [0.29, 0.717) is 6.92 Å². The molecule has 1 aliphatic rings. The van der Waals surface area contributed by atoms with Crippen molar-refractivity contribution < 1.29 is 4.65 Å². The standard InChI is InChI=1S/C12H23BO/c1-4-11-9-7-8-10-12(11)14-13(5-2)6-3/h4-10H2,1-3H3. The Hall–Kier alpha value is -0.395. The molecule has 0 unspecified atom stereocenters. The molecule has 0 N–H and O–H groups in total. The highest BCUT2D eigenvalue weighted by molar-refractivity contribution is 6.51. The van der Waals surface area contributed by atoms with Crippen LogP contribution in [-0.2, 0) is 4.65 Å². The highest BCUT2D eigenvalue weighted by Crippen LogP contribution is 2.28. The molecule has 0 aromatic heterocycles. The summed E-state index contributed by atoms with van der Waals surface area (Å²) in [6.45, 7) is 7.12. The van der Waals surface area contributed by atoms with E-state index >= 15 is 0 Å². The van der Waals surface area contributed by atoms with Crippen molar-refractivity contribution in [3.05, 3.63) is 11.3 Å². The molecule has 0 spiro atoms. The van der Waals surface area contributed by atoms with E-state index in [9.17, 15) is 0 Å². The molecule has 0 aliphatic heterocycles. The molecule has 1 rings (SSSR count). The molecule has 1 nitrogen and oxygen atoms in total. The van der Waals surface area contributed by atoms with Gasteiger partial charge in [0.05, 0.1) is 5.76 Å². The van der Waals surface area contributed by atoms with Gasteiger partial charge in [-0.2, -0.15) is 0 Å². The molecule has 0 aromatic carbocycles. The SMILES string of the molecule is CCB(CC)OC1=C(CC)CCCC1.